The molecule has 0 bridgehead atoms. The lowest BCUT2D eigenvalue weighted by molar-refractivity contribution is 0.00578. The van der Waals surface area contributed by atoms with Gasteiger partial charge in [0.05, 0.1) is 29.6 Å². The van der Waals surface area contributed by atoms with Crippen LogP contribution in [0.25, 0.3) is 5.69 Å². The van der Waals surface area contributed by atoms with Crippen LogP contribution in [-0.2, 0) is 21.1 Å². The Kier molecular flexibility index (Phi) is 5.02. The quantitative estimate of drug-likeness (QED) is 0.441. The van der Waals surface area contributed by atoms with E-state index < -0.39 is 18.3 Å². The van der Waals surface area contributed by atoms with Crippen molar-refractivity contribution in [2.75, 3.05) is 7.11 Å². The molecule has 5 rings (SSSR count). The first-order chi connectivity index (χ1) is 15.6. The van der Waals surface area contributed by atoms with Gasteiger partial charge in [-0.15, -0.1) is 5.10 Å². The van der Waals surface area contributed by atoms with Crippen LogP contribution in [0.3, 0.4) is 0 Å². The number of carbonyl (C=O) groups is 1. The predicted molar refractivity (Wildman–Crippen MR) is 124 cm³/mol. The number of hydrogen-bond donors (Lipinski definition) is 0. The fraction of sp³-hybridized carbons (Fsp3) is 0.458. The Labute approximate surface area is 194 Å². The monoisotopic (exact) mass is 448 g/mol. The van der Waals surface area contributed by atoms with Crippen molar-refractivity contribution in [2.24, 2.45) is 7.05 Å². The van der Waals surface area contributed by atoms with Crippen LogP contribution in [0.15, 0.2) is 42.7 Å². The summed E-state index contributed by atoms with van der Waals surface area (Å²) >= 11 is 0. The number of nitrogens with zero attached hydrogens (tertiary/aromatic N) is 4. The molecule has 0 radical (unpaired) electrons. The summed E-state index contributed by atoms with van der Waals surface area (Å²) in [5, 5.41) is 8.35. The molecule has 2 atom stereocenters. The van der Waals surface area contributed by atoms with E-state index in [9.17, 15) is 4.79 Å². The molecule has 172 valence electrons. The number of ether oxygens (including phenoxy) is 1. The van der Waals surface area contributed by atoms with Gasteiger partial charge in [-0.05, 0) is 57.8 Å². The third-order valence-electron chi connectivity index (χ3n) is 7.15. The minimum atomic E-state index is -0.456. The van der Waals surface area contributed by atoms with Crippen molar-refractivity contribution >= 4 is 18.6 Å². The van der Waals surface area contributed by atoms with Crippen molar-refractivity contribution in [2.45, 2.75) is 57.2 Å². The summed E-state index contributed by atoms with van der Waals surface area (Å²) in [7, 11) is 2.81. The van der Waals surface area contributed by atoms with Crippen LogP contribution in [0.2, 0.25) is 0 Å². The predicted octanol–water partition coefficient (Wildman–Crippen LogP) is 2.96. The summed E-state index contributed by atoms with van der Waals surface area (Å²) in [6.45, 7) is 8.18. The number of aromatic nitrogens is 4. The minimum Gasteiger partial charge on any atom is -0.465 e. The Morgan fingerprint density at radius 1 is 1.15 bits per heavy atom. The second-order valence-electron chi connectivity index (χ2n) is 9.93. The molecule has 1 saturated heterocycles. The normalized spacial score (nSPS) is 23.0. The van der Waals surface area contributed by atoms with Gasteiger partial charge in [0, 0.05) is 42.7 Å². The van der Waals surface area contributed by atoms with Gasteiger partial charge in [0.25, 0.3) is 0 Å². The molecule has 0 N–H and O–H groups in total. The van der Waals surface area contributed by atoms with Crippen molar-refractivity contribution < 1.29 is 18.8 Å². The molecule has 2 fully saturated rings. The summed E-state index contributed by atoms with van der Waals surface area (Å²) in [6, 6.07) is 9.92. The van der Waals surface area contributed by atoms with Crippen LogP contribution in [0.5, 0.6) is 0 Å². The minimum absolute atomic E-state index is 0.159. The second kappa shape index (κ2) is 7.57. The van der Waals surface area contributed by atoms with Gasteiger partial charge in [-0.2, -0.15) is 0 Å². The molecule has 1 saturated carbocycles. The number of rotatable bonds is 5. The molecule has 1 aromatic carbocycles. The van der Waals surface area contributed by atoms with Crippen molar-refractivity contribution in [3.8, 4) is 5.69 Å². The first-order valence-electron chi connectivity index (χ1n) is 11.2. The van der Waals surface area contributed by atoms with Gasteiger partial charge in [-0.3, -0.25) is 4.68 Å². The van der Waals surface area contributed by atoms with E-state index in [0.717, 1.165) is 29.0 Å². The SMILES string of the molecule is COC(=O)c1ccn(-c2cccc(B3OC(C)(C)C(C)(C)O3)c2)c1[C@@H]1C[C@H]1c1cn(C)nn1. The molecular weight excluding hydrogens is 419 g/mol. The van der Waals surface area contributed by atoms with E-state index in [1.807, 2.05) is 71.4 Å². The molecular formula is C24H29BN4O4. The summed E-state index contributed by atoms with van der Waals surface area (Å²) in [6.07, 6.45) is 4.77. The summed E-state index contributed by atoms with van der Waals surface area (Å²) in [5.41, 5.74) is 3.50. The standard InChI is InChI=1S/C24H29BN4O4/c1-23(2)24(3,4)33-25(32-23)15-8-7-9-16(12-15)29-11-10-17(22(30)31-6)21(29)19-13-18(19)20-14-28(5)27-26-20/h7-12,14,18-19H,13H2,1-6H3/t18-,19-/m1/s1. The van der Waals surface area contributed by atoms with Crippen LogP contribution >= 0.6 is 0 Å². The third kappa shape index (κ3) is 3.69. The zero-order valence-corrected chi connectivity index (χ0v) is 19.9. The molecule has 1 aliphatic heterocycles. The number of benzene rings is 1. The maximum atomic E-state index is 12.6. The van der Waals surface area contributed by atoms with Gasteiger partial charge in [-0.1, -0.05) is 17.3 Å². The fourth-order valence-corrected chi connectivity index (χ4v) is 4.49. The maximum absolute atomic E-state index is 12.6. The van der Waals surface area contributed by atoms with Crippen molar-refractivity contribution in [1.82, 2.24) is 19.6 Å². The fourth-order valence-electron chi connectivity index (χ4n) is 4.49. The number of esters is 1. The van der Waals surface area contributed by atoms with Crippen LogP contribution < -0.4 is 5.46 Å². The average Bonchev–Trinajstić information content (AvgIpc) is 3.11. The van der Waals surface area contributed by atoms with Gasteiger partial charge in [0.2, 0.25) is 0 Å². The number of aryl methyl sites for hydroxylation is 1. The Balaban J connectivity index is 1.51. The van der Waals surface area contributed by atoms with Crippen molar-refractivity contribution in [3.05, 3.63) is 59.7 Å². The van der Waals surface area contributed by atoms with Gasteiger partial charge < -0.3 is 18.6 Å². The first kappa shape index (κ1) is 21.9. The Morgan fingerprint density at radius 2 is 1.88 bits per heavy atom. The smallest absolute Gasteiger partial charge is 0.465 e. The van der Waals surface area contributed by atoms with Gasteiger partial charge in [-0.25, -0.2) is 4.79 Å². The van der Waals surface area contributed by atoms with Gasteiger partial charge in [0.15, 0.2) is 0 Å². The second-order valence-corrected chi connectivity index (χ2v) is 9.93. The van der Waals surface area contributed by atoms with Crippen LogP contribution in [0, 0.1) is 0 Å². The van der Waals surface area contributed by atoms with Crippen molar-refractivity contribution in [1.29, 1.82) is 0 Å². The maximum Gasteiger partial charge on any atom is 0.494 e. The van der Waals surface area contributed by atoms with E-state index in [0.29, 0.717) is 5.56 Å². The zero-order valence-electron chi connectivity index (χ0n) is 19.9. The highest BCUT2D eigenvalue weighted by molar-refractivity contribution is 6.62. The largest absolute Gasteiger partial charge is 0.494 e. The Bertz CT molecular complexity index is 1200. The number of methoxy groups -OCH3 is 1. The lowest BCUT2D eigenvalue weighted by Crippen LogP contribution is -2.41. The van der Waals surface area contributed by atoms with E-state index in [2.05, 4.69) is 20.9 Å². The van der Waals surface area contributed by atoms with Crippen LogP contribution in [-0.4, -0.2) is 51.0 Å². The molecule has 3 heterocycles. The molecule has 3 aromatic rings. The molecule has 2 aliphatic rings. The zero-order chi connectivity index (χ0) is 23.5. The molecule has 0 spiro atoms. The first-order valence-corrected chi connectivity index (χ1v) is 11.2. The number of carbonyl (C=O) groups excluding carboxylic acids is 1. The lowest BCUT2D eigenvalue weighted by atomic mass is 9.79. The molecule has 0 unspecified atom stereocenters. The molecule has 2 aromatic heterocycles. The van der Waals surface area contributed by atoms with Gasteiger partial charge >= 0.3 is 13.1 Å². The van der Waals surface area contributed by atoms with E-state index in [1.165, 1.54) is 7.11 Å². The molecule has 0 amide bonds. The Hall–Kier alpha value is -2.91. The molecule has 1 aliphatic carbocycles. The van der Waals surface area contributed by atoms with Gasteiger partial charge in [0.1, 0.15) is 0 Å². The third-order valence-corrected chi connectivity index (χ3v) is 7.15. The average molecular weight is 448 g/mol. The summed E-state index contributed by atoms with van der Waals surface area (Å²) < 4.78 is 21.3. The highest BCUT2D eigenvalue weighted by atomic mass is 16.7. The van der Waals surface area contributed by atoms with E-state index >= 15 is 0 Å². The van der Waals surface area contributed by atoms with E-state index in [1.54, 1.807) is 4.68 Å². The highest BCUT2D eigenvalue weighted by Gasteiger charge is 2.52. The summed E-state index contributed by atoms with van der Waals surface area (Å²) in [5.74, 6) is 0.0454. The molecule has 9 heteroatoms. The highest BCUT2D eigenvalue weighted by Crippen LogP contribution is 2.55. The Morgan fingerprint density at radius 3 is 2.52 bits per heavy atom. The summed E-state index contributed by atoms with van der Waals surface area (Å²) in [4.78, 5) is 12.6. The lowest BCUT2D eigenvalue weighted by Gasteiger charge is -2.32. The molecule has 33 heavy (non-hydrogen) atoms. The topological polar surface area (TPSA) is 80.4 Å². The van der Waals surface area contributed by atoms with Crippen LogP contribution in [0.4, 0.5) is 0 Å². The van der Waals surface area contributed by atoms with E-state index in [4.69, 9.17) is 14.0 Å². The molecule has 8 nitrogen and oxygen atoms in total. The van der Waals surface area contributed by atoms with Crippen LogP contribution in [0.1, 0.15) is 67.7 Å². The van der Waals surface area contributed by atoms with Crippen molar-refractivity contribution in [3.63, 3.8) is 0 Å². The number of hydrogen-bond acceptors (Lipinski definition) is 6. The van der Waals surface area contributed by atoms with E-state index in [-0.39, 0.29) is 17.8 Å².